The van der Waals surface area contributed by atoms with Crippen molar-refractivity contribution < 1.29 is 4.79 Å². The molecule has 1 aromatic rings. The van der Waals surface area contributed by atoms with Gasteiger partial charge in [0.05, 0.1) is 18.4 Å². The van der Waals surface area contributed by atoms with E-state index in [-0.39, 0.29) is 11.9 Å². The topological polar surface area (TPSA) is 44.4 Å². The number of amides is 1. The molecule has 1 aromatic carbocycles. The van der Waals surface area contributed by atoms with E-state index in [9.17, 15) is 4.79 Å². The van der Waals surface area contributed by atoms with E-state index in [1.165, 1.54) is 0 Å². The van der Waals surface area contributed by atoms with Gasteiger partial charge in [-0.2, -0.15) is 0 Å². The van der Waals surface area contributed by atoms with Crippen LogP contribution in [-0.4, -0.2) is 18.6 Å². The van der Waals surface area contributed by atoms with Crippen molar-refractivity contribution in [2.45, 2.75) is 26.3 Å². The van der Waals surface area contributed by atoms with Crippen LogP contribution in [0.4, 0.5) is 5.69 Å². The van der Waals surface area contributed by atoms with Crippen molar-refractivity contribution in [3.63, 3.8) is 0 Å². The number of carbonyl (C=O) groups is 1. The maximum Gasteiger partial charge on any atom is 0.255 e. The number of nitrogens with one attached hydrogen (secondary N) is 2. The molecule has 4 nitrogen and oxygen atoms in total. The Balaban J connectivity index is 1.98. The fourth-order valence-corrected chi connectivity index (χ4v) is 1.97. The molecule has 0 spiro atoms. The van der Waals surface area contributed by atoms with Crippen LogP contribution in [0.2, 0.25) is 0 Å². The van der Waals surface area contributed by atoms with Crippen LogP contribution in [0.3, 0.4) is 0 Å². The van der Waals surface area contributed by atoms with Gasteiger partial charge in [0, 0.05) is 0 Å². The first-order chi connectivity index (χ1) is 8.16. The third kappa shape index (κ3) is 2.97. The summed E-state index contributed by atoms with van der Waals surface area (Å²) >= 11 is 0. The molecule has 4 heteroatoms. The van der Waals surface area contributed by atoms with E-state index in [1.807, 2.05) is 35.3 Å². The summed E-state index contributed by atoms with van der Waals surface area (Å²) in [5.41, 5.74) is 3.92. The van der Waals surface area contributed by atoms with Gasteiger partial charge in [0.1, 0.15) is 0 Å². The van der Waals surface area contributed by atoms with E-state index in [2.05, 4.69) is 24.6 Å². The second kappa shape index (κ2) is 5.19. The number of anilines is 1. The Morgan fingerprint density at radius 2 is 2.06 bits per heavy atom. The summed E-state index contributed by atoms with van der Waals surface area (Å²) < 4.78 is 0. The van der Waals surface area contributed by atoms with E-state index in [0.717, 1.165) is 12.1 Å². The lowest BCUT2D eigenvalue weighted by Crippen LogP contribution is -2.61. The number of benzene rings is 1. The van der Waals surface area contributed by atoms with Crippen LogP contribution in [0.1, 0.15) is 20.3 Å². The van der Waals surface area contributed by atoms with Gasteiger partial charge in [-0.05, 0) is 24.5 Å². The average molecular weight is 233 g/mol. The minimum Gasteiger partial charge on any atom is -0.287 e. The Morgan fingerprint density at radius 3 is 2.65 bits per heavy atom. The van der Waals surface area contributed by atoms with Gasteiger partial charge < -0.3 is 0 Å². The van der Waals surface area contributed by atoms with Gasteiger partial charge in [-0.3, -0.25) is 20.5 Å². The molecule has 1 aliphatic rings. The third-order valence-corrected chi connectivity index (χ3v) is 2.83. The van der Waals surface area contributed by atoms with Crippen LogP contribution in [0, 0.1) is 5.92 Å². The summed E-state index contributed by atoms with van der Waals surface area (Å²) in [7, 11) is 0. The lowest BCUT2D eigenvalue weighted by Gasteiger charge is -2.35. The second-order valence-corrected chi connectivity index (χ2v) is 4.78. The molecule has 0 aliphatic carbocycles. The summed E-state index contributed by atoms with van der Waals surface area (Å²) in [4.78, 5) is 11.9. The zero-order valence-corrected chi connectivity index (χ0v) is 10.3. The highest BCUT2D eigenvalue weighted by Crippen LogP contribution is 2.14. The van der Waals surface area contributed by atoms with Gasteiger partial charge in [0.25, 0.3) is 5.91 Å². The lowest BCUT2D eigenvalue weighted by molar-refractivity contribution is -0.125. The molecule has 2 N–H and O–H groups in total. The third-order valence-electron chi connectivity index (χ3n) is 2.83. The standard InChI is InChI=1S/C13H19N3O/c1-10(2)8-12-13(17)15-16(9-14-12)11-6-4-3-5-7-11/h3-7,10,12,14H,8-9H2,1-2H3,(H,15,17)/t12-/m0/s1. The van der Waals surface area contributed by atoms with Crippen molar-refractivity contribution in [1.82, 2.24) is 10.7 Å². The van der Waals surface area contributed by atoms with Crippen molar-refractivity contribution in [3.8, 4) is 0 Å². The van der Waals surface area contributed by atoms with E-state index >= 15 is 0 Å². The highest BCUT2D eigenvalue weighted by atomic mass is 16.2. The molecule has 17 heavy (non-hydrogen) atoms. The number of rotatable bonds is 3. The Hall–Kier alpha value is -1.55. The molecule has 0 aromatic heterocycles. The minimum absolute atomic E-state index is 0.0498. The van der Waals surface area contributed by atoms with Gasteiger partial charge in [0.15, 0.2) is 0 Å². The van der Waals surface area contributed by atoms with Gasteiger partial charge in [-0.15, -0.1) is 0 Å². The monoisotopic (exact) mass is 233 g/mol. The zero-order chi connectivity index (χ0) is 12.3. The fourth-order valence-electron chi connectivity index (χ4n) is 1.97. The summed E-state index contributed by atoms with van der Waals surface area (Å²) in [5.74, 6) is 0.565. The minimum atomic E-state index is -0.0741. The Kier molecular flexibility index (Phi) is 3.64. The van der Waals surface area contributed by atoms with Crippen molar-refractivity contribution in [2.24, 2.45) is 5.92 Å². The van der Waals surface area contributed by atoms with Crippen LogP contribution in [0.5, 0.6) is 0 Å². The number of carbonyl (C=O) groups excluding carboxylic acids is 1. The molecular formula is C13H19N3O. The van der Waals surface area contributed by atoms with E-state index in [4.69, 9.17) is 0 Å². The maximum atomic E-state index is 11.9. The van der Waals surface area contributed by atoms with Crippen LogP contribution in [0.25, 0.3) is 0 Å². The van der Waals surface area contributed by atoms with Gasteiger partial charge in [-0.1, -0.05) is 32.0 Å². The lowest BCUT2D eigenvalue weighted by atomic mass is 10.0. The predicted octanol–water partition coefficient (Wildman–Crippen LogP) is 1.50. The first-order valence-electron chi connectivity index (χ1n) is 6.03. The molecule has 1 atom stereocenters. The largest absolute Gasteiger partial charge is 0.287 e. The zero-order valence-electron chi connectivity index (χ0n) is 10.3. The summed E-state index contributed by atoms with van der Waals surface area (Å²) in [6.07, 6.45) is 0.870. The van der Waals surface area contributed by atoms with Crippen LogP contribution in [-0.2, 0) is 4.79 Å². The molecule has 0 unspecified atom stereocenters. The number of nitrogens with zero attached hydrogens (tertiary/aromatic N) is 1. The quantitative estimate of drug-likeness (QED) is 0.831. The van der Waals surface area contributed by atoms with Crippen LogP contribution < -0.4 is 15.8 Å². The normalized spacial score (nSPS) is 20.5. The molecule has 1 heterocycles. The first-order valence-corrected chi connectivity index (χ1v) is 6.03. The Morgan fingerprint density at radius 1 is 1.35 bits per heavy atom. The first kappa shape index (κ1) is 11.9. The summed E-state index contributed by atoms with van der Waals surface area (Å²) in [6, 6.07) is 9.76. The van der Waals surface area contributed by atoms with Gasteiger partial charge >= 0.3 is 0 Å². The molecular weight excluding hydrogens is 214 g/mol. The highest BCUT2D eigenvalue weighted by molar-refractivity contribution is 5.84. The Labute approximate surface area is 102 Å². The summed E-state index contributed by atoms with van der Waals surface area (Å²) in [6.45, 7) is 4.89. The number of hydrogen-bond donors (Lipinski definition) is 2. The fraction of sp³-hybridized carbons (Fsp3) is 0.462. The highest BCUT2D eigenvalue weighted by Gasteiger charge is 2.26. The molecule has 0 saturated carbocycles. The molecule has 0 bridgehead atoms. The van der Waals surface area contributed by atoms with Crippen molar-refractivity contribution in [1.29, 1.82) is 0 Å². The van der Waals surface area contributed by atoms with E-state index in [1.54, 1.807) is 0 Å². The molecule has 1 saturated heterocycles. The van der Waals surface area contributed by atoms with Crippen molar-refractivity contribution in [3.05, 3.63) is 30.3 Å². The smallest absolute Gasteiger partial charge is 0.255 e. The second-order valence-electron chi connectivity index (χ2n) is 4.78. The van der Waals surface area contributed by atoms with E-state index < -0.39 is 0 Å². The Bertz CT molecular complexity index is 378. The maximum absolute atomic E-state index is 11.9. The molecule has 1 fully saturated rings. The van der Waals surface area contributed by atoms with Gasteiger partial charge in [-0.25, -0.2) is 0 Å². The number of para-hydroxylation sites is 1. The SMILES string of the molecule is CC(C)C[C@@H]1NCN(c2ccccc2)NC1=O. The van der Waals surface area contributed by atoms with Crippen molar-refractivity contribution >= 4 is 11.6 Å². The molecule has 92 valence electrons. The predicted molar refractivity (Wildman–Crippen MR) is 68.3 cm³/mol. The van der Waals surface area contributed by atoms with Crippen LogP contribution in [0.15, 0.2) is 30.3 Å². The number of hydrazine groups is 1. The molecule has 1 amide bonds. The van der Waals surface area contributed by atoms with Crippen LogP contribution >= 0.6 is 0 Å². The van der Waals surface area contributed by atoms with Gasteiger partial charge in [0.2, 0.25) is 0 Å². The average Bonchev–Trinajstić information content (AvgIpc) is 2.32. The molecule has 1 aliphatic heterocycles. The molecule has 2 rings (SSSR count). The van der Waals surface area contributed by atoms with Crippen molar-refractivity contribution in [2.75, 3.05) is 11.7 Å². The number of hydrogen-bond acceptors (Lipinski definition) is 3. The molecule has 0 radical (unpaired) electrons. The van der Waals surface area contributed by atoms with E-state index in [0.29, 0.717) is 12.6 Å². The summed E-state index contributed by atoms with van der Waals surface area (Å²) in [5, 5.41) is 5.10.